The van der Waals surface area contributed by atoms with E-state index in [-0.39, 0.29) is 5.91 Å². The number of rotatable bonds is 7. The van der Waals surface area contributed by atoms with E-state index in [9.17, 15) is 4.79 Å². The Kier molecular flexibility index (Phi) is 7.73. The number of carbonyl (C=O) groups excluding carboxylic acids is 1. The summed E-state index contributed by atoms with van der Waals surface area (Å²) >= 11 is 0. The number of amides is 1. The molecule has 1 atom stereocenters. The van der Waals surface area contributed by atoms with Crippen LogP contribution in [0.2, 0.25) is 0 Å². The highest BCUT2D eigenvalue weighted by molar-refractivity contribution is 5.94. The minimum absolute atomic E-state index is 0.0498. The molecule has 1 aromatic rings. The lowest BCUT2D eigenvalue weighted by Crippen LogP contribution is -2.38. The van der Waals surface area contributed by atoms with Gasteiger partial charge in [0.05, 0.1) is 0 Å². The molecule has 1 fully saturated rings. The topological polar surface area (TPSA) is 68.8 Å². The molecule has 1 heterocycles. The van der Waals surface area contributed by atoms with Crippen molar-refractivity contribution < 1.29 is 4.79 Å². The summed E-state index contributed by atoms with van der Waals surface area (Å²) < 4.78 is 0. The largest absolute Gasteiger partial charge is 0.357 e. The van der Waals surface area contributed by atoms with Crippen molar-refractivity contribution in [1.29, 1.82) is 0 Å². The van der Waals surface area contributed by atoms with E-state index in [4.69, 9.17) is 4.99 Å². The van der Waals surface area contributed by atoms with E-state index in [1.807, 2.05) is 24.3 Å². The fourth-order valence-electron chi connectivity index (χ4n) is 3.08. The van der Waals surface area contributed by atoms with Crippen molar-refractivity contribution in [2.24, 2.45) is 10.9 Å². The third kappa shape index (κ3) is 6.38. The van der Waals surface area contributed by atoms with Crippen LogP contribution >= 0.6 is 0 Å². The number of benzene rings is 1. The van der Waals surface area contributed by atoms with Crippen LogP contribution in [-0.4, -0.2) is 63.6 Å². The first-order valence-electron chi connectivity index (χ1n) is 9.14. The second kappa shape index (κ2) is 10.0. The Morgan fingerprint density at radius 1 is 1.36 bits per heavy atom. The second-order valence-electron chi connectivity index (χ2n) is 6.59. The number of likely N-dealkylation sites (tertiary alicyclic amines) is 1. The van der Waals surface area contributed by atoms with E-state index >= 15 is 0 Å². The van der Waals surface area contributed by atoms with E-state index in [1.54, 1.807) is 7.05 Å². The lowest BCUT2D eigenvalue weighted by atomic mass is 10.1. The molecule has 0 aromatic heterocycles. The van der Waals surface area contributed by atoms with Crippen LogP contribution in [0.1, 0.15) is 29.3 Å². The van der Waals surface area contributed by atoms with Crippen LogP contribution in [0.5, 0.6) is 0 Å². The maximum Gasteiger partial charge on any atom is 0.251 e. The Bertz CT molecular complexity index is 587. The molecule has 1 unspecified atom stereocenters. The Morgan fingerprint density at radius 3 is 2.88 bits per heavy atom. The lowest BCUT2D eigenvalue weighted by Gasteiger charge is -2.13. The molecule has 0 bridgehead atoms. The second-order valence-corrected chi connectivity index (χ2v) is 6.59. The van der Waals surface area contributed by atoms with Crippen molar-refractivity contribution >= 4 is 11.9 Å². The van der Waals surface area contributed by atoms with Gasteiger partial charge in [-0.1, -0.05) is 12.1 Å². The molecular formula is C19H31N5O. The van der Waals surface area contributed by atoms with Gasteiger partial charge in [-0.15, -0.1) is 0 Å². The smallest absolute Gasteiger partial charge is 0.251 e. The summed E-state index contributed by atoms with van der Waals surface area (Å²) in [5.74, 6) is 1.48. The van der Waals surface area contributed by atoms with Crippen LogP contribution in [0.15, 0.2) is 29.3 Å². The van der Waals surface area contributed by atoms with Gasteiger partial charge in [0, 0.05) is 38.8 Å². The number of nitrogens with one attached hydrogen (secondary N) is 3. The van der Waals surface area contributed by atoms with Gasteiger partial charge >= 0.3 is 0 Å². The van der Waals surface area contributed by atoms with Crippen LogP contribution < -0.4 is 16.0 Å². The summed E-state index contributed by atoms with van der Waals surface area (Å²) in [6.45, 7) is 6.89. The zero-order chi connectivity index (χ0) is 18.1. The standard InChI is InChI=1S/C19H31N5O/c1-4-21-19(23-13-16-9-11-24(3)14-16)22-10-8-15-6-5-7-17(12-15)18(25)20-2/h5-7,12,16H,4,8-11,13-14H2,1-3H3,(H,20,25)(H2,21,22,23). The Balaban J connectivity index is 1.83. The summed E-state index contributed by atoms with van der Waals surface area (Å²) in [6.07, 6.45) is 2.08. The van der Waals surface area contributed by atoms with E-state index in [0.29, 0.717) is 11.5 Å². The molecule has 0 spiro atoms. The first-order chi connectivity index (χ1) is 12.1. The van der Waals surface area contributed by atoms with Gasteiger partial charge in [-0.05, 0) is 57.0 Å². The van der Waals surface area contributed by atoms with Crippen LogP contribution in [0.3, 0.4) is 0 Å². The van der Waals surface area contributed by atoms with E-state index in [2.05, 4.69) is 34.8 Å². The van der Waals surface area contributed by atoms with Gasteiger partial charge in [-0.3, -0.25) is 9.79 Å². The van der Waals surface area contributed by atoms with Gasteiger partial charge in [0.1, 0.15) is 0 Å². The lowest BCUT2D eigenvalue weighted by molar-refractivity contribution is 0.0963. The Morgan fingerprint density at radius 2 is 2.20 bits per heavy atom. The average Bonchev–Trinajstić information content (AvgIpc) is 3.04. The van der Waals surface area contributed by atoms with Gasteiger partial charge in [0.15, 0.2) is 5.96 Å². The highest BCUT2D eigenvalue weighted by Gasteiger charge is 2.18. The fraction of sp³-hybridized carbons (Fsp3) is 0.579. The summed E-state index contributed by atoms with van der Waals surface area (Å²) in [5.41, 5.74) is 1.84. The number of aliphatic imine (C=N–C) groups is 1. The van der Waals surface area contributed by atoms with Gasteiger partial charge < -0.3 is 20.9 Å². The molecule has 1 aliphatic heterocycles. The summed E-state index contributed by atoms with van der Waals surface area (Å²) in [6, 6.07) is 7.75. The quantitative estimate of drug-likeness (QED) is 0.511. The maximum atomic E-state index is 11.7. The fourth-order valence-corrected chi connectivity index (χ4v) is 3.08. The molecule has 1 aliphatic rings. The third-order valence-corrected chi connectivity index (χ3v) is 4.46. The van der Waals surface area contributed by atoms with Crippen LogP contribution in [0.25, 0.3) is 0 Å². The molecule has 6 heteroatoms. The number of carbonyl (C=O) groups is 1. The minimum Gasteiger partial charge on any atom is -0.357 e. The normalized spacial score (nSPS) is 18.2. The van der Waals surface area contributed by atoms with Gasteiger partial charge in [-0.25, -0.2) is 0 Å². The van der Waals surface area contributed by atoms with Gasteiger partial charge in [0.2, 0.25) is 0 Å². The number of hydrogen-bond donors (Lipinski definition) is 3. The zero-order valence-corrected chi connectivity index (χ0v) is 15.6. The Hall–Kier alpha value is -2.08. The summed E-state index contributed by atoms with van der Waals surface area (Å²) in [7, 11) is 3.82. The monoisotopic (exact) mass is 345 g/mol. The Labute approximate surface area is 151 Å². The molecule has 6 nitrogen and oxygen atoms in total. The summed E-state index contributed by atoms with van der Waals surface area (Å²) in [4.78, 5) is 18.8. The average molecular weight is 345 g/mol. The van der Waals surface area contributed by atoms with Crippen molar-refractivity contribution in [2.45, 2.75) is 19.8 Å². The maximum absolute atomic E-state index is 11.7. The zero-order valence-electron chi connectivity index (χ0n) is 15.6. The number of nitrogens with zero attached hydrogens (tertiary/aromatic N) is 2. The first-order valence-corrected chi connectivity index (χ1v) is 9.14. The van der Waals surface area contributed by atoms with Gasteiger partial charge in [0.25, 0.3) is 5.91 Å². The molecule has 1 saturated heterocycles. The molecule has 0 aliphatic carbocycles. The molecule has 3 N–H and O–H groups in total. The molecule has 1 aromatic carbocycles. The van der Waals surface area contributed by atoms with Crippen molar-refractivity contribution in [3.05, 3.63) is 35.4 Å². The molecule has 25 heavy (non-hydrogen) atoms. The van der Waals surface area contributed by atoms with E-state index in [1.165, 1.54) is 13.0 Å². The van der Waals surface area contributed by atoms with Crippen molar-refractivity contribution in [2.75, 3.05) is 46.8 Å². The van der Waals surface area contributed by atoms with Crippen LogP contribution in [-0.2, 0) is 6.42 Å². The third-order valence-electron chi connectivity index (χ3n) is 4.46. The number of guanidine groups is 1. The van der Waals surface area contributed by atoms with E-state index < -0.39 is 0 Å². The van der Waals surface area contributed by atoms with Crippen LogP contribution in [0, 0.1) is 5.92 Å². The molecule has 0 radical (unpaired) electrons. The molecule has 0 saturated carbocycles. The predicted octanol–water partition coefficient (Wildman–Crippen LogP) is 1.10. The molecule has 2 rings (SSSR count). The summed E-state index contributed by atoms with van der Waals surface area (Å²) in [5, 5.41) is 9.35. The van der Waals surface area contributed by atoms with Crippen molar-refractivity contribution in [3.8, 4) is 0 Å². The van der Waals surface area contributed by atoms with Crippen molar-refractivity contribution in [1.82, 2.24) is 20.9 Å². The van der Waals surface area contributed by atoms with Crippen molar-refractivity contribution in [3.63, 3.8) is 0 Å². The van der Waals surface area contributed by atoms with E-state index in [0.717, 1.165) is 44.1 Å². The highest BCUT2D eigenvalue weighted by Crippen LogP contribution is 2.14. The molecular weight excluding hydrogens is 314 g/mol. The highest BCUT2D eigenvalue weighted by atomic mass is 16.1. The predicted molar refractivity (Wildman–Crippen MR) is 103 cm³/mol. The SMILES string of the molecule is CCNC(=NCC1CCN(C)C1)NCCc1cccc(C(=O)NC)c1. The minimum atomic E-state index is -0.0498. The van der Waals surface area contributed by atoms with Crippen LogP contribution in [0.4, 0.5) is 0 Å². The first kappa shape index (κ1) is 19.2. The molecule has 138 valence electrons. The number of hydrogen-bond acceptors (Lipinski definition) is 3. The molecule has 1 amide bonds. The van der Waals surface area contributed by atoms with Gasteiger partial charge in [-0.2, -0.15) is 0 Å².